The summed E-state index contributed by atoms with van der Waals surface area (Å²) in [4.78, 5) is 84.8. The molecule has 2 unspecified atom stereocenters. The molecule has 6 aromatic heterocycles. The number of benzene rings is 1. The minimum absolute atomic E-state index is 0. The molecule has 0 saturated heterocycles. The molecule has 1 aliphatic carbocycles. The first-order valence-corrected chi connectivity index (χ1v) is 26.1. The quantitative estimate of drug-likeness (QED) is 0.0171. The average molecular weight is 1290 g/mol. The zero-order valence-electron chi connectivity index (χ0n) is 47.7. The normalized spacial score (nSPS) is 12.0. The third-order valence-corrected chi connectivity index (χ3v) is 10.9. The maximum Gasteiger partial charge on any atom is 0.408 e. The van der Waals surface area contributed by atoms with Crippen LogP contribution in [0.3, 0.4) is 0 Å². The number of ether oxygens (including phenoxy) is 5. The molecular formula is C58H78N10O17Pd. The number of methoxy groups -OCH3 is 2. The van der Waals surface area contributed by atoms with E-state index in [1.807, 2.05) is 51.1 Å². The van der Waals surface area contributed by atoms with Crippen LogP contribution in [0.4, 0.5) is 14.4 Å². The average Bonchev–Trinajstić information content (AvgIpc) is 2.51. The van der Waals surface area contributed by atoms with E-state index in [0.717, 1.165) is 37.5 Å². The van der Waals surface area contributed by atoms with Crippen LogP contribution in [0.15, 0.2) is 119 Å². The first kappa shape index (κ1) is 73.4. The van der Waals surface area contributed by atoms with E-state index in [0.29, 0.717) is 50.4 Å². The number of aromatic nitrogens is 6. The number of nitrogens with zero attached hydrogens (tertiary/aromatic N) is 6. The van der Waals surface area contributed by atoms with Gasteiger partial charge in [0.15, 0.2) is 34.2 Å². The number of allylic oxidation sites excluding steroid dienone is 4. The van der Waals surface area contributed by atoms with Crippen molar-refractivity contribution in [2.75, 3.05) is 27.3 Å². The van der Waals surface area contributed by atoms with Gasteiger partial charge >= 0.3 is 30.2 Å². The molecule has 28 heteroatoms. The molecule has 27 nitrogen and oxygen atoms in total. The van der Waals surface area contributed by atoms with Crippen LogP contribution in [0, 0.1) is 0 Å². The van der Waals surface area contributed by atoms with Gasteiger partial charge in [-0.1, -0.05) is 69.5 Å². The number of amides is 3. The Bertz CT molecular complexity index is 3180. The van der Waals surface area contributed by atoms with Crippen molar-refractivity contribution in [1.29, 1.82) is 0 Å². The summed E-state index contributed by atoms with van der Waals surface area (Å²) >= 11 is 0. The predicted molar refractivity (Wildman–Crippen MR) is 308 cm³/mol. The van der Waals surface area contributed by atoms with Crippen LogP contribution in [-0.4, -0.2) is 104 Å². The maximum absolute atomic E-state index is 12.7. The summed E-state index contributed by atoms with van der Waals surface area (Å²) in [5.74, 6) is -0.276. The van der Waals surface area contributed by atoms with Crippen molar-refractivity contribution in [2.45, 2.75) is 138 Å². The fraction of sp³-hybridized carbons (Fsp3) is 0.431. The summed E-state index contributed by atoms with van der Waals surface area (Å²) in [5, 5.41) is 8.22. The molecule has 7 N–H and O–H groups in total. The summed E-state index contributed by atoms with van der Waals surface area (Å²) in [6.07, 6.45) is 20.8. The van der Waals surface area contributed by atoms with Crippen molar-refractivity contribution in [1.82, 2.24) is 45.9 Å². The van der Waals surface area contributed by atoms with Crippen LogP contribution >= 0.6 is 0 Å². The first-order valence-electron chi connectivity index (χ1n) is 26.1. The molecule has 1 aliphatic rings. The molecule has 8 rings (SSSR count). The second-order valence-corrected chi connectivity index (χ2v) is 19.9. The molecule has 0 radical (unpaired) electrons. The molecule has 0 fully saturated rings. The summed E-state index contributed by atoms with van der Waals surface area (Å²) < 4.78 is 57.7. The summed E-state index contributed by atoms with van der Waals surface area (Å²) in [5.41, 5.74) is 7.02. The molecule has 0 bridgehead atoms. The molecule has 0 saturated carbocycles. The van der Waals surface area contributed by atoms with Gasteiger partial charge in [-0.25, -0.2) is 53.9 Å². The molecule has 3 amide bonds. The Kier molecular flexibility index (Phi) is 30.9. The number of hydrogen-bond acceptors (Lipinski definition) is 23. The molecule has 2 atom stereocenters. The number of nitrogens with two attached hydrogens (primary N) is 1. The number of oxazole rings is 6. The van der Waals surface area contributed by atoms with Crippen LogP contribution in [0.5, 0.6) is 0 Å². The molecule has 7 aromatic rings. The van der Waals surface area contributed by atoms with Crippen molar-refractivity contribution in [3.05, 3.63) is 121 Å². The van der Waals surface area contributed by atoms with Gasteiger partial charge in [0.05, 0.1) is 20.3 Å². The fourth-order valence-electron chi connectivity index (χ4n) is 7.06. The smallest absolute Gasteiger partial charge is 0.408 e. The van der Waals surface area contributed by atoms with E-state index in [4.69, 9.17) is 46.4 Å². The van der Waals surface area contributed by atoms with E-state index < -0.39 is 53.5 Å². The zero-order chi connectivity index (χ0) is 59.1. The summed E-state index contributed by atoms with van der Waals surface area (Å²) in [7, 11) is 2.48. The van der Waals surface area contributed by atoms with Crippen molar-refractivity contribution >= 4 is 30.2 Å². The van der Waals surface area contributed by atoms with Crippen LogP contribution in [0.25, 0.3) is 46.3 Å². The minimum Gasteiger partial charge on any atom is -0.464 e. The number of unbranched alkanes of at least 4 members (excludes halogenated alkanes) is 2. The molecule has 86 heavy (non-hydrogen) atoms. The van der Waals surface area contributed by atoms with Crippen molar-refractivity contribution in [2.24, 2.45) is 5.73 Å². The zero-order valence-corrected chi connectivity index (χ0v) is 49.3. The van der Waals surface area contributed by atoms with Gasteiger partial charge in [-0.15, -0.1) is 0 Å². The Labute approximate surface area is 512 Å². The van der Waals surface area contributed by atoms with Crippen molar-refractivity contribution in [3.8, 4) is 46.3 Å². The van der Waals surface area contributed by atoms with Crippen LogP contribution in [0.1, 0.15) is 158 Å². The van der Waals surface area contributed by atoms with Crippen molar-refractivity contribution < 1.29 is 100 Å². The van der Waals surface area contributed by atoms with Gasteiger partial charge in [0.1, 0.15) is 61.4 Å². The van der Waals surface area contributed by atoms with Crippen LogP contribution < -0.4 is 21.7 Å². The Balaban J connectivity index is 0.000000523. The third kappa shape index (κ3) is 24.5. The predicted octanol–water partition coefficient (Wildman–Crippen LogP) is 11.2. The fourth-order valence-corrected chi connectivity index (χ4v) is 7.06. The molecule has 472 valence electrons. The number of alkyl carbamates (subject to hydrolysis) is 3. The molecule has 0 spiro atoms. The van der Waals surface area contributed by atoms with Crippen LogP contribution in [-0.2, 0) is 50.7 Å². The van der Waals surface area contributed by atoms with Gasteiger partial charge in [0, 0.05) is 33.5 Å². The standard InChI is InChI=1S/C29H33N5O9.C21H27N5O7.C6H8.2CH4.H2O.Pd/c1-29(2,3)43-27(36)30-13-9-8-12-19(34-28(37)42-14-18-10-6-5-7-11-18)23-31-20(15-39-23)24-32-21(16-40-24)25-33-22(17-41-25)26(35)38-4;1-21(2,3)33-20(28)23-8-6-5-7-12(22)16-24-13(9-30-16)17-25-14(10-31-17)18-26-15(11-32-18)19(27)29-4;1-2-4-6-5-3-1;;;;/h5-7,10-11,15-17,19H,8-9,12-14H2,1-4H3,(H,30,36)(H,34,37);9-12H,5-8,22H2,1-4H3,(H,23,28);1-2,5-6H,3-4H2;2*1H4;1H2;. The Morgan fingerprint density at radius 3 is 1.41 bits per heavy atom. The van der Waals surface area contributed by atoms with E-state index >= 15 is 0 Å². The van der Waals surface area contributed by atoms with Gasteiger partial charge in [0.2, 0.25) is 35.3 Å². The summed E-state index contributed by atoms with van der Waals surface area (Å²) in [6, 6.07) is 8.20. The van der Waals surface area contributed by atoms with Gasteiger partial charge in [-0.2, -0.15) is 0 Å². The Morgan fingerprint density at radius 1 is 0.547 bits per heavy atom. The van der Waals surface area contributed by atoms with Gasteiger partial charge in [-0.05, 0) is 98.5 Å². The largest absolute Gasteiger partial charge is 0.464 e. The summed E-state index contributed by atoms with van der Waals surface area (Å²) in [6.45, 7) is 11.8. The topological polar surface area (TPSA) is 381 Å². The number of rotatable bonds is 21. The number of hydrogen-bond donors (Lipinski definition) is 4. The number of carbonyl (C=O) groups is 5. The number of esters is 2. The number of nitrogens with one attached hydrogen (secondary N) is 3. The van der Waals surface area contributed by atoms with Crippen LogP contribution in [0.2, 0.25) is 0 Å². The van der Waals surface area contributed by atoms with E-state index in [1.165, 1.54) is 45.5 Å². The third-order valence-electron chi connectivity index (χ3n) is 10.9. The molecule has 0 aliphatic heterocycles. The first-order chi connectivity index (χ1) is 39.3. The minimum atomic E-state index is -0.652. The second-order valence-electron chi connectivity index (χ2n) is 19.9. The van der Waals surface area contributed by atoms with E-state index in [-0.39, 0.29) is 105 Å². The maximum atomic E-state index is 12.7. The monoisotopic (exact) mass is 1290 g/mol. The number of carbonyl (C=O) groups excluding carboxylic acids is 5. The van der Waals surface area contributed by atoms with E-state index in [1.54, 1.807) is 20.8 Å². The van der Waals surface area contributed by atoms with Gasteiger partial charge in [-0.3, -0.25) is 0 Å². The molecule has 6 heterocycles. The van der Waals surface area contributed by atoms with Gasteiger partial charge < -0.3 is 77.3 Å². The molecular weight excluding hydrogens is 1220 g/mol. The second kappa shape index (κ2) is 36.2. The van der Waals surface area contributed by atoms with E-state index in [9.17, 15) is 24.0 Å². The Morgan fingerprint density at radius 2 is 0.953 bits per heavy atom. The van der Waals surface area contributed by atoms with Gasteiger partial charge in [0.25, 0.3) is 0 Å². The molecule has 1 aromatic carbocycles. The van der Waals surface area contributed by atoms with E-state index in [2.05, 4.69) is 79.6 Å². The SMILES string of the molecule is C.C.C1=CCC=CC1.COC(=O)c1coc(-c2coc(-c3coc(C(CCCCNC(=O)OC(C)(C)C)NC(=O)OCc4ccccc4)n3)n2)n1.COC(=O)c1coc(-c2coc(-c3coc(C(N)CCCCNC(=O)OC(C)(C)C)n3)n2)n1.O.[Pd]. The van der Waals surface area contributed by atoms with Crippen molar-refractivity contribution in [3.63, 3.8) is 0 Å². The Hall–Kier alpha value is -8.71.